The average molecular weight is 162 g/mol. The fourth-order valence-corrected chi connectivity index (χ4v) is 0.535. The van der Waals surface area contributed by atoms with E-state index in [1.165, 1.54) is 6.07 Å². The number of nitrogens with two attached hydrogens (primary N) is 2. The normalized spacial score (nSPS) is 8.33. The second-order valence-electron chi connectivity index (χ2n) is 1.96. The predicted molar refractivity (Wildman–Crippen MR) is 42.5 cm³/mol. The maximum Gasteiger partial charge on any atom is 0.293 e. The molecule has 12 heavy (non-hydrogen) atoms. The highest BCUT2D eigenvalue weighted by Gasteiger charge is 1.89. The molecule has 0 aromatic carbocycles. The Morgan fingerprint density at radius 2 is 2.17 bits per heavy atom. The molecule has 1 aromatic heterocycles. The molecule has 60 valence electrons. The smallest absolute Gasteiger partial charge is 0.293 e. The number of amides is 1. The van der Waals surface area contributed by atoms with Gasteiger partial charge < -0.3 is 11.5 Å². The van der Waals surface area contributed by atoms with Crippen LogP contribution < -0.4 is 11.5 Å². The highest BCUT2D eigenvalue weighted by atomic mass is 16.1. The van der Waals surface area contributed by atoms with Gasteiger partial charge in [-0.25, -0.2) is 0 Å². The third-order valence-corrected chi connectivity index (χ3v) is 0.999. The number of primary amides is 1. The first kappa shape index (κ1) is 8.01. The van der Waals surface area contributed by atoms with Crippen molar-refractivity contribution in [3.8, 4) is 11.8 Å². The van der Waals surface area contributed by atoms with Crippen molar-refractivity contribution in [1.29, 1.82) is 0 Å². The van der Waals surface area contributed by atoms with Crippen molar-refractivity contribution in [2.24, 2.45) is 5.73 Å². The van der Waals surface area contributed by atoms with E-state index in [1.54, 1.807) is 6.07 Å². The molecule has 0 aliphatic rings. The molecule has 1 rings (SSSR count). The molecule has 0 radical (unpaired) electrons. The molecule has 5 nitrogen and oxygen atoms in total. The van der Waals surface area contributed by atoms with Gasteiger partial charge >= 0.3 is 0 Å². The van der Waals surface area contributed by atoms with Crippen molar-refractivity contribution >= 4 is 11.7 Å². The molecule has 1 heterocycles. The lowest BCUT2D eigenvalue weighted by Gasteiger charge is -1.88. The van der Waals surface area contributed by atoms with Gasteiger partial charge in [-0.3, -0.25) is 4.79 Å². The third-order valence-electron chi connectivity index (χ3n) is 0.999. The highest BCUT2D eigenvalue weighted by Crippen LogP contribution is 1.94. The molecule has 4 N–H and O–H groups in total. The molecule has 0 bridgehead atoms. The second-order valence-corrected chi connectivity index (χ2v) is 1.96. The molecule has 0 aliphatic carbocycles. The van der Waals surface area contributed by atoms with E-state index >= 15 is 0 Å². The van der Waals surface area contributed by atoms with Crippen LogP contribution in [0.1, 0.15) is 5.69 Å². The maximum absolute atomic E-state index is 10.2. The Morgan fingerprint density at radius 1 is 1.42 bits per heavy atom. The number of anilines is 1. The van der Waals surface area contributed by atoms with Crippen LogP contribution in [-0.4, -0.2) is 16.1 Å². The summed E-state index contributed by atoms with van der Waals surface area (Å²) in [6.45, 7) is 0. The highest BCUT2D eigenvalue weighted by molar-refractivity contribution is 5.92. The molecule has 1 aromatic rings. The molecule has 0 saturated heterocycles. The number of rotatable bonds is 0. The largest absolute Gasteiger partial charge is 0.382 e. The monoisotopic (exact) mass is 162 g/mol. The summed E-state index contributed by atoms with van der Waals surface area (Å²) in [5.74, 6) is 4.15. The molecule has 0 fully saturated rings. The molecule has 5 heteroatoms. The summed E-state index contributed by atoms with van der Waals surface area (Å²) in [5, 5.41) is 7.12. The number of nitrogens with zero attached hydrogens (tertiary/aromatic N) is 2. The predicted octanol–water partition coefficient (Wildman–Crippen LogP) is -1.10. The lowest BCUT2D eigenvalue weighted by atomic mass is 10.4. The number of hydrogen-bond acceptors (Lipinski definition) is 4. The first-order valence-electron chi connectivity index (χ1n) is 3.09. The lowest BCUT2D eigenvalue weighted by Crippen LogP contribution is -2.06. The van der Waals surface area contributed by atoms with E-state index in [0.717, 1.165) is 0 Å². The Hall–Kier alpha value is -2.09. The molecular formula is C7H6N4O. The average Bonchev–Trinajstić information content (AvgIpc) is 2.03. The first-order chi connectivity index (χ1) is 5.68. The molecule has 1 amide bonds. The summed E-state index contributed by atoms with van der Waals surface area (Å²) in [5.41, 5.74) is 10.4. The maximum atomic E-state index is 10.2. The zero-order valence-electron chi connectivity index (χ0n) is 6.11. The van der Waals surface area contributed by atoms with Crippen molar-refractivity contribution in [3.63, 3.8) is 0 Å². The van der Waals surface area contributed by atoms with Gasteiger partial charge in [0.15, 0.2) is 0 Å². The summed E-state index contributed by atoms with van der Waals surface area (Å²) >= 11 is 0. The molecule has 0 aliphatic heterocycles. The molecule has 0 spiro atoms. The van der Waals surface area contributed by atoms with Crippen LogP contribution in [0.3, 0.4) is 0 Å². The van der Waals surface area contributed by atoms with E-state index in [4.69, 9.17) is 11.5 Å². The van der Waals surface area contributed by atoms with Crippen molar-refractivity contribution in [2.45, 2.75) is 0 Å². The zero-order chi connectivity index (χ0) is 8.97. The Morgan fingerprint density at radius 3 is 2.67 bits per heavy atom. The van der Waals surface area contributed by atoms with E-state index < -0.39 is 5.91 Å². The van der Waals surface area contributed by atoms with Crippen LogP contribution in [-0.2, 0) is 4.79 Å². The molecule has 0 saturated carbocycles. The number of carbonyl (C=O) groups is 1. The van der Waals surface area contributed by atoms with Gasteiger partial charge in [0.2, 0.25) is 0 Å². The summed E-state index contributed by atoms with van der Waals surface area (Å²) in [6.07, 6.45) is 0. The number of hydrogen-bond donors (Lipinski definition) is 2. The van der Waals surface area contributed by atoms with Gasteiger partial charge in [0.25, 0.3) is 5.91 Å². The Kier molecular flexibility index (Phi) is 2.23. The quantitative estimate of drug-likeness (QED) is 0.473. The van der Waals surface area contributed by atoms with E-state index in [2.05, 4.69) is 22.0 Å². The topological polar surface area (TPSA) is 94.9 Å². The molecule has 0 unspecified atom stereocenters. The summed E-state index contributed by atoms with van der Waals surface area (Å²) < 4.78 is 0. The van der Waals surface area contributed by atoms with Crippen LogP contribution in [0.2, 0.25) is 0 Å². The third kappa shape index (κ3) is 2.27. The Labute approximate surface area is 68.8 Å². The van der Waals surface area contributed by atoms with E-state index in [-0.39, 0.29) is 0 Å². The van der Waals surface area contributed by atoms with Crippen molar-refractivity contribution in [1.82, 2.24) is 10.2 Å². The van der Waals surface area contributed by atoms with Crippen LogP contribution in [0.4, 0.5) is 5.82 Å². The fraction of sp³-hybridized carbons (Fsp3) is 0. The van der Waals surface area contributed by atoms with Crippen LogP contribution in [0.15, 0.2) is 12.1 Å². The first-order valence-corrected chi connectivity index (χ1v) is 3.09. The standard InChI is InChI=1S/C7H6N4O/c8-6-3-1-5(10-11-6)2-4-7(9)12/h1,3H,(H2,8,11)(H2,9,12). The van der Waals surface area contributed by atoms with Gasteiger partial charge in [-0.15, -0.1) is 10.2 Å². The summed E-state index contributed by atoms with van der Waals surface area (Å²) in [7, 11) is 0. The minimum absolute atomic E-state index is 0.305. The van der Waals surface area contributed by atoms with Crippen molar-refractivity contribution in [3.05, 3.63) is 17.8 Å². The number of nitrogen functional groups attached to an aromatic ring is 1. The second kappa shape index (κ2) is 3.34. The van der Waals surface area contributed by atoms with E-state index in [1.807, 2.05) is 0 Å². The van der Waals surface area contributed by atoms with Crippen LogP contribution >= 0.6 is 0 Å². The summed E-state index contributed by atoms with van der Waals surface area (Å²) in [6, 6.07) is 3.09. The minimum Gasteiger partial charge on any atom is -0.382 e. The van der Waals surface area contributed by atoms with E-state index in [0.29, 0.717) is 11.5 Å². The zero-order valence-corrected chi connectivity index (χ0v) is 6.11. The van der Waals surface area contributed by atoms with Crippen LogP contribution in [0.25, 0.3) is 0 Å². The number of carbonyl (C=O) groups excluding carboxylic acids is 1. The van der Waals surface area contributed by atoms with Gasteiger partial charge in [-0.05, 0) is 18.1 Å². The van der Waals surface area contributed by atoms with Gasteiger partial charge in [0.1, 0.15) is 11.5 Å². The molecular weight excluding hydrogens is 156 g/mol. The number of aromatic nitrogens is 2. The van der Waals surface area contributed by atoms with Crippen LogP contribution in [0.5, 0.6) is 0 Å². The van der Waals surface area contributed by atoms with E-state index in [9.17, 15) is 4.79 Å². The van der Waals surface area contributed by atoms with Gasteiger partial charge in [0.05, 0.1) is 0 Å². The fourth-order valence-electron chi connectivity index (χ4n) is 0.535. The lowest BCUT2D eigenvalue weighted by molar-refractivity contribution is -0.112. The SMILES string of the molecule is NC(=O)C#Cc1ccc(N)nn1. The van der Waals surface area contributed by atoms with Gasteiger partial charge in [-0.2, -0.15) is 0 Å². The summed E-state index contributed by atoms with van der Waals surface area (Å²) in [4.78, 5) is 10.2. The Balaban J connectivity index is 2.86. The van der Waals surface area contributed by atoms with Gasteiger partial charge in [0, 0.05) is 5.92 Å². The van der Waals surface area contributed by atoms with Crippen molar-refractivity contribution < 1.29 is 4.79 Å². The van der Waals surface area contributed by atoms with Crippen molar-refractivity contribution in [2.75, 3.05) is 5.73 Å². The molecule has 0 atom stereocenters. The van der Waals surface area contributed by atoms with Gasteiger partial charge in [-0.1, -0.05) is 0 Å². The van der Waals surface area contributed by atoms with Crippen LogP contribution in [0, 0.1) is 11.8 Å². The Bertz CT molecular complexity index is 346. The minimum atomic E-state index is -0.700.